The van der Waals surface area contributed by atoms with Crippen LogP contribution in [0.3, 0.4) is 0 Å². The molecule has 1 heterocycles. The molecule has 1 aromatic heterocycles. The van der Waals surface area contributed by atoms with E-state index in [0.29, 0.717) is 5.56 Å². The van der Waals surface area contributed by atoms with Crippen molar-refractivity contribution >= 4 is 48.8 Å². The van der Waals surface area contributed by atoms with E-state index >= 15 is 0 Å². The Morgan fingerprint density at radius 1 is 1.43 bits per heavy atom. The number of benzene rings is 1. The van der Waals surface area contributed by atoms with Crippen LogP contribution in [-0.4, -0.2) is 19.5 Å². The summed E-state index contributed by atoms with van der Waals surface area (Å²) < 4.78 is 28.1. The number of anilines is 1. The molecule has 6 nitrogen and oxygen atoms in total. The summed E-state index contributed by atoms with van der Waals surface area (Å²) >= 11 is 4.41. The van der Waals surface area contributed by atoms with Gasteiger partial charge in [-0.2, -0.15) is 0 Å². The molecule has 21 heavy (non-hydrogen) atoms. The Balaban J connectivity index is 2.42. The number of hydrogen-bond acceptors (Lipinski definition) is 5. The number of hydrogen-bond donors (Lipinski definition) is 3. The first-order valence-electron chi connectivity index (χ1n) is 5.71. The zero-order valence-corrected chi connectivity index (χ0v) is 14.1. The lowest BCUT2D eigenvalue weighted by Crippen LogP contribution is -2.19. The molecule has 0 aliphatic rings. The molecule has 0 saturated carbocycles. The number of amidine groups is 1. The van der Waals surface area contributed by atoms with Crippen molar-refractivity contribution in [1.82, 2.24) is 0 Å². The second-order valence-corrected chi connectivity index (χ2v) is 8.44. The highest BCUT2D eigenvalue weighted by Gasteiger charge is 2.20. The van der Waals surface area contributed by atoms with Crippen molar-refractivity contribution in [2.45, 2.75) is 11.1 Å². The first-order valence-corrected chi connectivity index (χ1v) is 8.80. The Morgan fingerprint density at radius 2 is 2.10 bits per heavy atom. The number of para-hydroxylation sites is 1. The van der Waals surface area contributed by atoms with Crippen LogP contribution in [0.15, 0.2) is 43.5 Å². The molecule has 2 rings (SSSR count). The quantitative estimate of drug-likeness (QED) is 0.323. The molecule has 0 aliphatic carbocycles. The Labute approximate surface area is 134 Å². The van der Waals surface area contributed by atoms with Gasteiger partial charge in [0.15, 0.2) is 5.84 Å². The lowest BCUT2D eigenvalue weighted by molar-refractivity contribution is 0.318. The largest absolute Gasteiger partial charge is 0.409 e. The molecule has 0 fully saturated rings. The molecule has 0 saturated heterocycles. The molecular weight excluding hydrogens is 378 g/mol. The molecule has 2 aromatic rings. The van der Waals surface area contributed by atoms with Crippen molar-refractivity contribution < 1.29 is 13.6 Å². The minimum atomic E-state index is -3.73. The lowest BCUT2D eigenvalue weighted by Gasteiger charge is -2.10. The van der Waals surface area contributed by atoms with Gasteiger partial charge in [-0.15, -0.1) is 11.3 Å². The lowest BCUT2D eigenvalue weighted by atomic mass is 10.2. The number of sulfonamides is 1. The smallest absolute Gasteiger partial charge is 0.271 e. The van der Waals surface area contributed by atoms with Gasteiger partial charge in [-0.05, 0) is 46.6 Å². The van der Waals surface area contributed by atoms with Crippen LogP contribution < -0.4 is 10.5 Å². The second kappa shape index (κ2) is 6.04. The number of aryl methyl sites for hydroxylation is 1. The molecule has 112 valence electrons. The molecule has 0 bridgehead atoms. The topological polar surface area (TPSA) is 105 Å². The first kappa shape index (κ1) is 15.8. The van der Waals surface area contributed by atoms with Crippen molar-refractivity contribution in [3.05, 3.63) is 45.2 Å². The summed E-state index contributed by atoms with van der Waals surface area (Å²) in [6.45, 7) is 1.81. The maximum Gasteiger partial charge on any atom is 0.271 e. The first-order chi connectivity index (χ1) is 9.85. The number of rotatable bonds is 4. The van der Waals surface area contributed by atoms with Gasteiger partial charge in [0.2, 0.25) is 0 Å². The molecule has 0 spiro atoms. The van der Waals surface area contributed by atoms with E-state index in [2.05, 4.69) is 25.8 Å². The molecule has 1 aromatic carbocycles. The number of nitrogens with two attached hydrogens (primary N) is 1. The normalized spacial score (nSPS) is 12.4. The van der Waals surface area contributed by atoms with Gasteiger partial charge in [0.1, 0.15) is 4.21 Å². The molecule has 9 heteroatoms. The number of oxime groups is 1. The molecule has 0 unspecified atom stereocenters. The van der Waals surface area contributed by atoms with Gasteiger partial charge in [-0.25, -0.2) is 8.42 Å². The third-order valence-corrected chi connectivity index (χ3v) is 6.63. The van der Waals surface area contributed by atoms with Crippen LogP contribution in [0.5, 0.6) is 0 Å². The van der Waals surface area contributed by atoms with Crippen molar-refractivity contribution in [2.75, 3.05) is 4.72 Å². The summed E-state index contributed by atoms with van der Waals surface area (Å²) in [5.74, 6) is -0.170. The number of nitrogens with one attached hydrogen (secondary N) is 1. The van der Waals surface area contributed by atoms with E-state index in [4.69, 9.17) is 10.9 Å². The van der Waals surface area contributed by atoms with E-state index in [1.807, 2.05) is 6.92 Å². The fourth-order valence-electron chi connectivity index (χ4n) is 1.61. The summed E-state index contributed by atoms with van der Waals surface area (Å²) in [4.78, 5) is 0. The van der Waals surface area contributed by atoms with Gasteiger partial charge in [0.25, 0.3) is 10.0 Å². The Morgan fingerprint density at radius 3 is 2.67 bits per heavy atom. The average Bonchev–Trinajstić information content (AvgIpc) is 2.79. The minimum absolute atomic E-state index is 0.170. The Hall–Kier alpha value is -1.58. The van der Waals surface area contributed by atoms with Gasteiger partial charge >= 0.3 is 0 Å². The van der Waals surface area contributed by atoms with Gasteiger partial charge in [0.05, 0.1) is 9.47 Å². The van der Waals surface area contributed by atoms with Crippen LogP contribution in [0.25, 0.3) is 0 Å². The number of halogens is 1. The van der Waals surface area contributed by atoms with Gasteiger partial charge in [0, 0.05) is 5.56 Å². The minimum Gasteiger partial charge on any atom is -0.409 e. The van der Waals surface area contributed by atoms with Crippen molar-refractivity contribution in [3.63, 3.8) is 0 Å². The standard InChI is InChI=1S/C12H12BrN3O3S2/c1-7-6-10(20-11(7)13)21(18,19)16-9-5-3-2-4-8(9)12(14)15-17/h2-6,16-17H,1H3,(H2,14,15). The highest BCUT2D eigenvalue weighted by Crippen LogP contribution is 2.32. The van der Waals surface area contributed by atoms with Crippen molar-refractivity contribution in [1.29, 1.82) is 0 Å². The second-order valence-electron chi connectivity index (χ2n) is 4.16. The SMILES string of the molecule is Cc1cc(S(=O)(=O)Nc2ccccc2/C(N)=N/O)sc1Br. The Bertz CT molecular complexity index is 780. The summed E-state index contributed by atoms with van der Waals surface area (Å²) in [5, 5.41) is 11.6. The summed E-state index contributed by atoms with van der Waals surface area (Å²) in [7, 11) is -3.73. The predicted molar refractivity (Wildman–Crippen MR) is 86.5 cm³/mol. The van der Waals surface area contributed by atoms with Crippen LogP contribution in [0.2, 0.25) is 0 Å². The molecule has 0 radical (unpaired) electrons. The van der Waals surface area contributed by atoms with Crippen molar-refractivity contribution in [2.24, 2.45) is 10.9 Å². The summed E-state index contributed by atoms with van der Waals surface area (Å²) in [6, 6.07) is 7.99. The highest BCUT2D eigenvalue weighted by atomic mass is 79.9. The van der Waals surface area contributed by atoms with Crippen LogP contribution >= 0.6 is 27.3 Å². The number of thiophene rings is 1. The third kappa shape index (κ3) is 3.36. The van der Waals surface area contributed by atoms with E-state index in [1.54, 1.807) is 30.3 Å². The van der Waals surface area contributed by atoms with Crippen LogP contribution in [0.1, 0.15) is 11.1 Å². The van der Waals surface area contributed by atoms with E-state index in [9.17, 15) is 8.42 Å². The average molecular weight is 390 g/mol. The van der Waals surface area contributed by atoms with Gasteiger partial charge in [-0.1, -0.05) is 17.3 Å². The van der Waals surface area contributed by atoms with Gasteiger partial charge < -0.3 is 10.9 Å². The third-order valence-electron chi connectivity index (χ3n) is 2.65. The zero-order valence-electron chi connectivity index (χ0n) is 10.9. The number of nitrogens with zero attached hydrogens (tertiary/aromatic N) is 1. The molecule has 4 N–H and O–H groups in total. The van der Waals surface area contributed by atoms with E-state index in [0.717, 1.165) is 20.7 Å². The predicted octanol–water partition coefficient (Wildman–Crippen LogP) is 2.71. The molecule has 0 atom stereocenters. The fraction of sp³-hybridized carbons (Fsp3) is 0.0833. The monoisotopic (exact) mass is 389 g/mol. The van der Waals surface area contributed by atoms with Gasteiger partial charge in [-0.3, -0.25) is 4.72 Å². The molecule has 0 aliphatic heterocycles. The van der Waals surface area contributed by atoms with Crippen LogP contribution in [0, 0.1) is 6.92 Å². The highest BCUT2D eigenvalue weighted by molar-refractivity contribution is 9.11. The summed E-state index contributed by atoms with van der Waals surface area (Å²) in [5.41, 5.74) is 6.93. The molecular formula is C12H12BrN3O3S2. The maximum atomic E-state index is 12.4. The Kier molecular flexibility index (Phi) is 4.55. The van der Waals surface area contributed by atoms with Crippen LogP contribution in [-0.2, 0) is 10.0 Å². The van der Waals surface area contributed by atoms with Crippen molar-refractivity contribution in [3.8, 4) is 0 Å². The fourth-order valence-corrected chi connectivity index (χ4v) is 4.91. The summed E-state index contributed by atoms with van der Waals surface area (Å²) in [6.07, 6.45) is 0. The molecule has 0 amide bonds. The zero-order chi connectivity index (χ0) is 15.6. The van der Waals surface area contributed by atoms with E-state index in [1.165, 1.54) is 0 Å². The van der Waals surface area contributed by atoms with Crippen LogP contribution in [0.4, 0.5) is 5.69 Å². The maximum absolute atomic E-state index is 12.4. The van der Waals surface area contributed by atoms with E-state index in [-0.39, 0.29) is 15.7 Å². The van der Waals surface area contributed by atoms with E-state index < -0.39 is 10.0 Å².